The van der Waals surface area contributed by atoms with Crippen LogP contribution in [-0.4, -0.2) is 13.6 Å². The molecule has 1 N–H and O–H groups in total. The Labute approximate surface area is 101 Å². The summed E-state index contributed by atoms with van der Waals surface area (Å²) in [6.45, 7) is 7.81. The molecule has 84 valence electrons. The zero-order valence-electron chi connectivity index (χ0n) is 10.0. The molecule has 15 heavy (non-hydrogen) atoms. The van der Waals surface area contributed by atoms with Crippen LogP contribution in [0, 0.1) is 12.3 Å². The third-order valence-electron chi connectivity index (χ3n) is 2.64. The lowest BCUT2D eigenvalue weighted by molar-refractivity contribution is 0.349. The molecular weight excluding hydrogens is 250 g/mol. The minimum atomic E-state index is 0.306. The Morgan fingerprint density at radius 1 is 1.33 bits per heavy atom. The number of hydrogen-bond acceptors (Lipinski definition) is 1. The summed E-state index contributed by atoms with van der Waals surface area (Å²) in [7, 11) is 2.01. The predicted molar refractivity (Wildman–Crippen MR) is 70.3 cm³/mol. The van der Waals surface area contributed by atoms with Crippen molar-refractivity contribution >= 4 is 15.9 Å². The summed E-state index contributed by atoms with van der Waals surface area (Å²) in [4.78, 5) is 0. The first-order valence-corrected chi connectivity index (χ1v) is 6.13. The van der Waals surface area contributed by atoms with Crippen molar-refractivity contribution in [2.45, 2.75) is 27.2 Å². The van der Waals surface area contributed by atoms with E-state index >= 15 is 0 Å². The zero-order valence-corrected chi connectivity index (χ0v) is 11.6. The van der Waals surface area contributed by atoms with E-state index in [0.717, 1.165) is 13.0 Å². The second kappa shape index (κ2) is 5.13. The molecule has 0 aliphatic rings. The molecule has 0 aliphatic carbocycles. The third kappa shape index (κ3) is 3.96. The summed E-state index contributed by atoms with van der Waals surface area (Å²) < 4.78 is 1.17. The maximum atomic E-state index is 3.53. The highest BCUT2D eigenvalue weighted by Crippen LogP contribution is 2.25. The standard InChI is InChI=1S/C13H20BrN/c1-10-5-6-12(14)7-11(10)8-13(2,3)9-15-4/h5-7,15H,8-9H2,1-4H3. The Morgan fingerprint density at radius 3 is 2.60 bits per heavy atom. The van der Waals surface area contributed by atoms with Crippen molar-refractivity contribution in [2.75, 3.05) is 13.6 Å². The first kappa shape index (κ1) is 12.7. The van der Waals surface area contributed by atoms with Crippen LogP contribution < -0.4 is 5.32 Å². The predicted octanol–water partition coefficient (Wildman–Crippen LogP) is 3.55. The topological polar surface area (TPSA) is 12.0 Å². The normalized spacial score (nSPS) is 11.8. The van der Waals surface area contributed by atoms with Gasteiger partial charge < -0.3 is 5.32 Å². The number of nitrogens with one attached hydrogen (secondary N) is 1. The SMILES string of the molecule is CNCC(C)(C)Cc1cc(Br)ccc1C. The molecule has 0 amide bonds. The summed E-state index contributed by atoms with van der Waals surface area (Å²) in [5.41, 5.74) is 3.12. The summed E-state index contributed by atoms with van der Waals surface area (Å²) in [6, 6.07) is 6.51. The average Bonchev–Trinajstić information content (AvgIpc) is 2.10. The lowest BCUT2D eigenvalue weighted by atomic mass is 9.84. The van der Waals surface area contributed by atoms with E-state index in [4.69, 9.17) is 0 Å². The maximum absolute atomic E-state index is 3.53. The monoisotopic (exact) mass is 269 g/mol. The van der Waals surface area contributed by atoms with Gasteiger partial charge in [0.15, 0.2) is 0 Å². The van der Waals surface area contributed by atoms with Crippen molar-refractivity contribution in [1.82, 2.24) is 5.32 Å². The van der Waals surface area contributed by atoms with Crippen molar-refractivity contribution in [2.24, 2.45) is 5.41 Å². The van der Waals surface area contributed by atoms with Crippen molar-refractivity contribution < 1.29 is 0 Å². The Kier molecular flexibility index (Phi) is 4.35. The minimum absolute atomic E-state index is 0.306. The van der Waals surface area contributed by atoms with E-state index in [2.05, 4.69) is 60.2 Å². The Balaban J connectivity index is 2.83. The van der Waals surface area contributed by atoms with Crippen LogP contribution in [0.5, 0.6) is 0 Å². The van der Waals surface area contributed by atoms with Crippen LogP contribution in [0.1, 0.15) is 25.0 Å². The van der Waals surface area contributed by atoms with E-state index in [1.807, 2.05) is 7.05 Å². The van der Waals surface area contributed by atoms with Crippen molar-refractivity contribution in [3.63, 3.8) is 0 Å². The van der Waals surface area contributed by atoms with Gasteiger partial charge in [-0.25, -0.2) is 0 Å². The van der Waals surface area contributed by atoms with Gasteiger partial charge in [0.1, 0.15) is 0 Å². The first-order chi connectivity index (χ1) is 6.94. The van der Waals surface area contributed by atoms with E-state index in [1.165, 1.54) is 15.6 Å². The van der Waals surface area contributed by atoms with Crippen molar-refractivity contribution in [3.8, 4) is 0 Å². The minimum Gasteiger partial charge on any atom is -0.319 e. The van der Waals surface area contributed by atoms with Crippen LogP contribution in [-0.2, 0) is 6.42 Å². The molecule has 0 atom stereocenters. The smallest absolute Gasteiger partial charge is 0.0178 e. The molecule has 0 spiro atoms. The molecule has 2 heteroatoms. The highest BCUT2D eigenvalue weighted by Gasteiger charge is 2.18. The van der Waals surface area contributed by atoms with Crippen LogP contribution in [0.3, 0.4) is 0 Å². The number of aryl methyl sites for hydroxylation is 1. The average molecular weight is 270 g/mol. The lowest BCUT2D eigenvalue weighted by Gasteiger charge is -2.25. The van der Waals surface area contributed by atoms with Crippen molar-refractivity contribution in [3.05, 3.63) is 33.8 Å². The summed E-state index contributed by atoms with van der Waals surface area (Å²) >= 11 is 3.53. The zero-order chi connectivity index (χ0) is 11.5. The largest absolute Gasteiger partial charge is 0.319 e. The van der Waals surface area contributed by atoms with Gasteiger partial charge in [-0.1, -0.05) is 35.8 Å². The molecule has 1 nitrogen and oxygen atoms in total. The molecule has 0 aliphatic heterocycles. The van der Waals surface area contributed by atoms with Crippen LogP contribution in [0.4, 0.5) is 0 Å². The summed E-state index contributed by atoms with van der Waals surface area (Å²) in [5, 5.41) is 3.25. The Bertz CT molecular complexity index is 331. The van der Waals surface area contributed by atoms with Gasteiger partial charge in [-0.15, -0.1) is 0 Å². The van der Waals surface area contributed by atoms with Gasteiger partial charge in [0, 0.05) is 11.0 Å². The molecule has 1 aromatic rings. The van der Waals surface area contributed by atoms with Gasteiger partial charge in [0.25, 0.3) is 0 Å². The fourth-order valence-corrected chi connectivity index (χ4v) is 2.30. The number of rotatable bonds is 4. The van der Waals surface area contributed by atoms with Crippen LogP contribution >= 0.6 is 15.9 Å². The summed E-state index contributed by atoms with van der Waals surface area (Å²) in [5.74, 6) is 0. The van der Waals surface area contributed by atoms with Gasteiger partial charge in [-0.05, 0) is 49.1 Å². The Hall–Kier alpha value is -0.340. The molecule has 0 aromatic heterocycles. The van der Waals surface area contributed by atoms with Gasteiger partial charge in [0.05, 0.1) is 0 Å². The molecule has 0 unspecified atom stereocenters. The first-order valence-electron chi connectivity index (χ1n) is 5.34. The van der Waals surface area contributed by atoms with Gasteiger partial charge in [-0.2, -0.15) is 0 Å². The van der Waals surface area contributed by atoms with Gasteiger partial charge in [-0.3, -0.25) is 0 Å². The summed E-state index contributed by atoms with van der Waals surface area (Å²) in [6.07, 6.45) is 1.11. The number of benzene rings is 1. The van der Waals surface area contributed by atoms with Crippen LogP contribution in [0.25, 0.3) is 0 Å². The second-order valence-corrected chi connectivity index (χ2v) is 5.86. The molecule has 0 saturated heterocycles. The molecule has 0 radical (unpaired) electrons. The molecule has 1 aromatic carbocycles. The van der Waals surface area contributed by atoms with E-state index in [9.17, 15) is 0 Å². The molecular formula is C13H20BrN. The van der Waals surface area contributed by atoms with E-state index in [0.29, 0.717) is 5.41 Å². The lowest BCUT2D eigenvalue weighted by Crippen LogP contribution is -2.28. The second-order valence-electron chi connectivity index (χ2n) is 4.94. The fourth-order valence-electron chi connectivity index (χ4n) is 1.89. The molecule has 0 fully saturated rings. The number of halogens is 1. The van der Waals surface area contributed by atoms with E-state index in [1.54, 1.807) is 0 Å². The third-order valence-corrected chi connectivity index (χ3v) is 3.13. The number of hydrogen-bond donors (Lipinski definition) is 1. The molecule has 0 heterocycles. The van der Waals surface area contributed by atoms with Gasteiger partial charge in [0.2, 0.25) is 0 Å². The van der Waals surface area contributed by atoms with Crippen LogP contribution in [0.2, 0.25) is 0 Å². The molecule has 1 rings (SSSR count). The molecule has 0 saturated carbocycles. The highest BCUT2D eigenvalue weighted by molar-refractivity contribution is 9.10. The quantitative estimate of drug-likeness (QED) is 0.882. The van der Waals surface area contributed by atoms with Gasteiger partial charge >= 0.3 is 0 Å². The fraction of sp³-hybridized carbons (Fsp3) is 0.538. The molecule has 0 bridgehead atoms. The highest BCUT2D eigenvalue weighted by atomic mass is 79.9. The van der Waals surface area contributed by atoms with E-state index in [-0.39, 0.29) is 0 Å². The maximum Gasteiger partial charge on any atom is 0.0178 e. The van der Waals surface area contributed by atoms with E-state index < -0.39 is 0 Å². The van der Waals surface area contributed by atoms with Crippen molar-refractivity contribution in [1.29, 1.82) is 0 Å². The van der Waals surface area contributed by atoms with Crippen LogP contribution in [0.15, 0.2) is 22.7 Å². The Morgan fingerprint density at radius 2 is 2.00 bits per heavy atom.